The predicted molar refractivity (Wildman–Crippen MR) is 90.5 cm³/mol. The van der Waals surface area contributed by atoms with Crippen molar-refractivity contribution in [2.45, 2.75) is 40.2 Å². The van der Waals surface area contributed by atoms with E-state index >= 15 is 0 Å². The molecule has 0 aliphatic rings. The van der Waals surface area contributed by atoms with Gasteiger partial charge in [-0.1, -0.05) is 39.0 Å². The van der Waals surface area contributed by atoms with E-state index in [1.165, 1.54) is 4.31 Å². The van der Waals surface area contributed by atoms with Gasteiger partial charge < -0.3 is 5.32 Å². The molecule has 1 aromatic rings. The Bertz CT molecular complexity index is 612. The molecule has 0 spiro atoms. The Labute approximate surface area is 133 Å². The molecule has 0 saturated heterocycles. The molecule has 1 N–H and O–H groups in total. The lowest BCUT2D eigenvalue weighted by atomic mass is 10.1. The number of carbonyl (C=O) groups is 1. The molecule has 5 nitrogen and oxygen atoms in total. The minimum atomic E-state index is -3.53. The number of hydrogen-bond acceptors (Lipinski definition) is 3. The van der Waals surface area contributed by atoms with E-state index in [0.717, 1.165) is 11.8 Å². The van der Waals surface area contributed by atoms with Crippen LogP contribution in [-0.4, -0.2) is 33.2 Å². The van der Waals surface area contributed by atoms with E-state index in [0.29, 0.717) is 18.0 Å². The van der Waals surface area contributed by atoms with Crippen molar-refractivity contribution in [3.05, 3.63) is 29.8 Å². The lowest BCUT2D eigenvalue weighted by Crippen LogP contribution is -2.44. The maximum Gasteiger partial charge on any atom is 0.240 e. The van der Waals surface area contributed by atoms with Gasteiger partial charge in [0, 0.05) is 6.04 Å². The molecule has 1 atom stereocenters. The third kappa shape index (κ3) is 5.02. The lowest BCUT2D eigenvalue weighted by molar-refractivity contribution is -0.120. The first-order chi connectivity index (χ1) is 10.2. The first-order valence-corrected chi connectivity index (χ1v) is 9.36. The Kier molecular flexibility index (Phi) is 6.41. The van der Waals surface area contributed by atoms with E-state index in [1.54, 1.807) is 12.1 Å². The number of rotatable bonds is 7. The summed E-state index contributed by atoms with van der Waals surface area (Å²) in [6, 6.07) is 7.25. The number of amides is 1. The van der Waals surface area contributed by atoms with Crippen LogP contribution in [0.2, 0.25) is 0 Å². The number of benzene rings is 1. The Morgan fingerprint density at radius 3 is 2.32 bits per heavy atom. The number of hydrogen-bond donors (Lipinski definition) is 1. The van der Waals surface area contributed by atoms with E-state index in [2.05, 4.69) is 5.32 Å². The second-order valence-corrected chi connectivity index (χ2v) is 7.76. The molecule has 0 radical (unpaired) electrons. The van der Waals surface area contributed by atoms with Crippen LogP contribution in [0.15, 0.2) is 24.3 Å². The number of nitrogens with zero attached hydrogens (tertiary/aromatic N) is 1. The second kappa shape index (κ2) is 7.63. The van der Waals surface area contributed by atoms with Gasteiger partial charge in [-0.15, -0.1) is 0 Å². The molecule has 22 heavy (non-hydrogen) atoms. The summed E-state index contributed by atoms with van der Waals surface area (Å²) in [4.78, 5) is 12.2. The number of nitrogens with one attached hydrogen (secondary N) is 1. The van der Waals surface area contributed by atoms with Crippen LogP contribution in [0.3, 0.4) is 0 Å². The van der Waals surface area contributed by atoms with Crippen LogP contribution in [0.5, 0.6) is 0 Å². The van der Waals surface area contributed by atoms with E-state index in [4.69, 9.17) is 0 Å². The van der Waals surface area contributed by atoms with Gasteiger partial charge in [0.2, 0.25) is 15.9 Å². The predicted octanol–water partition coefficient (Wildman–Crippen LogP) is 2.18. The fourth-order valence-corrected chi connectivity index (χ4v) is 2.92. The van der Waals surface area contributed by atoms with Gasteiger partial charge in [0.1, 0.15) is 6.54 Å². The standard InChI is InChI=1S/C16H26N2O3S/c1-6-14-9-7-8-10-15(14)18(22(5,20)21)11-16(19)17-13(4)12(2)3/h7-10,12-13H,6,11H2,1-5H3,(H,17,19). The maximum atomic E-state index is 12.2. The smallest absolute Gasteiger partial charge is 0.240 e. The van der Waals surface area contributed by atoms with E-state index in [-0.39, 0.29) is 18.5 Å². The lowest BCUT2D eigenvalue weighted by Gasteiger charge is -2.25. The largest absolute Gasteiger partial charge is 0.352 e. The summed E-state index contributed by atoms with van der Waals surface area (Å²) in [5, 5.41) is 2.84. The monoisotopic (exact) mass is 326 g/mol. The molecule has 0 aliphatic heterocycles. The zero-order valence-electron chi connectivity index (χ0n) is 14.0. The molecule has 1 aromatic carbocycles. The van der Waals surface area contributed by atoms with Crippen molar-refractivity contribution < 1.29 is 13.2 Å². The van der Waals surface area contributed by atoms with Crippen molar-refractivity contribution in [1.82, 2.24) is 5.32 Å². The van der Waals surface area contributed by atoms with Gasteiger partial charge in [-0.25, -0.2) is 8.42 Å². The van der Waals surface area contributed by atoms with Gasteiger partial charge in [-0.3, -0.25) is 9.10 Å². The van der Waals surface area contributed by atoms with Crippen LogP contribution >= 0.6 is 0 Å². The van der Waals surface area contributed by atoms with Crippen molar-refractivity contribution in [2.24, 2.45) is 5.92 Å². The molecule has 1 unspecified atom stereocenters. The summed E-state index contributed by atoms with van der Waals surface area (Å²) in [6.07, 6.45) is 1.82. The van der Waals surface area contributed by atoms with Gasteiger partial charge in [0.25, 0.3) is 0 Å². The molecule has 0 aromatic heterocycles. The van der Waals surface area contributed by atoms with Gasteiger partial charge in [-0.2, -0.15) is 0 Å². The molecule has 0 aliphatic carbocycles. The van der Waals surface area contributed by atoms with Crippen molar-refractivity contribution in [2.75, 3.05) is 17.1 Å². The van der Waals surface area contributed by atoms with Crippen molar-refractivity contribution >= 4 is 21.6 Å². The van der Waals surface area contributed by atoms with Gasteiger partial charge in [0.15, 0.2) is 0 Å². The zero-order chi connectivity index (χ0) is 16.9. The molecule has 6 heteroatoms. The normalized spacial score (nSPS) is 13.0. The highest BCUT2D eigenvalue weighted by molar-refractivity contribution is 7.92. The van der Waals surface area contributed by atoms with E-state index < -0.39 is 10.0 Å². The number of sulfonamides is 1. The fraction of sp³-hybridized carbons (Fsp3) is 0.562. The Balaban J connectivity index is 3.04. The summed E-state index contributed by atoms with van der Waals surface area (Å²) in [5.74, 6) is -0.00362. The van der Waals surface area contributed by atoms with E-state index in [9.17, 15) is 13.2 Å². The van der Waals surface area contributed by atoms with Crippen LogP contribution < -0.4 is 9.62 Å². The topological polar surface area (TPSA) is 66.5 Å². The number of para-hydroxylation sites is 1. The first-order valence-electron chi connectivity index (χ1n) is 7.51. The fourth-order valence-electron chi connectivity index (χ4n) is 2.03. The molecule has 1 amide bonds. The highest BCUT2D eigenvalue weighted by atomic mass is 32.2. The molecule has 0 fully saturated rings. The van der Waals surface area contributed by atoms with Crippen molar-refractivity contribution in [1.29, 1.82) is 0 Å². The van der Waals surface area contributed by atoms with Gasteiger partial charge >= 0.3 is 0 Å². The summed E-state index contributed by atoms with van der Waals surface area (Å²) in [6.45, 7) is 7.68. The Hall–Kier alpha value is -1.56. The van der Waals surface area contributed by atoms with Crippen LogP contribution in [0, 0.1) is 5.92 Å². The van der Waals surface area contributed by atoms with Crippen molar-refractivity contribution in [3.8, 4) is 0 Å². The molecular weight excluding hydrogens is 300 g/mol. The minimum Gasteiger partial charge on any atom is -0.352 e. The summed E-state index contributed by atoms with van der Waals surface area (Å²) >= 11 is 0. The van der Waals surface area contributed by atoms with Crippen molar-refractivity contribution in [3.63, 3.8) is 0 Å². The Morgan fingerprint density at radius 1 is 1.23 bits per heavy atom. The molecule has 0 heterocycles. The molecule has 124 valence electrons. The minimum absolute atomic E-state index is 0.00432. The summed E-state index contributed by atoms with van der Waals surface area (Å²) in [7, 11) is -3.53. The summed E-state index contributed by atoms with van der Waals surface area (Å²) < 4.78 is 25.4. The number of anilines is 1. The zero-order valence-corrected chi connectivity index (χ0v) is 14.8. The van der Waals surface area contributed by atoms with Gasteiger partial charge in [0.05, 0.1) is 11.9 Å². The average molecular weight is 326 g/mol. The quantitative estimate of drug-likeness (QED) is 0.835. The Morgan fingerprint density at radius 2 is 1.82 bits per heavy atom. The third-order valence-corrected chi connectivity index (χ3v) is 4.84. The first kappa shape index (κ1) is 18.5. The average Bonchev–Trinajstić information content (AvgIpc) is 2.43. The number of carbonyl (C=O) groups excluding carboxylic acids is 1. The number of aryl methyl sites for hydroxylation is 1. The van der Waals surface area contributed by atoms with E-state index in [1.807, 2.05) is 39.8 Å². The molecule has 1 rings (SSSR count). The van der Waals surface area contributed by atoms with Crippen LogP contribution in [-0.2, 0) is 21.2 Å². The summed E-state index contributed by atoms with van der Waals surface area (Å²) in [5.41, 5.74) is 1.47. The van der Waals surface area contributed by atoms with Crippen LogP contribution in [0.4, 0.5) is 5.69 Å². The van der Waals surface area contributed by atoms with Gasteiger partial charge in [-0.05, 0) is 30.9 Å². The second-order valence-electron chi connectivity index (χ2n) is 5.85. The highest BCUT2D eigenvalue weighted by Crippen LogP contribution is 2.23. The van der Waals surface area contributed by atoms with Crippen LogP contribution in [0.25, 0.3) is 0 Å². The SMILES string of the molecule is CCc1ccccc1N(CC(=O)NC(C)C(C)C)S(C)(=O)=O. The maximum absolute atomic E-state index is 12.2. The molecule has 0 saturated carbocycles. The third-order valence-electron chi connectivity index (χ3n) is 3.72. The highest BCUT2D eigenvalue weighted by Gasteiger charge is 2.23. The molecule has 0 bridgehead atoms. The van der Waals surface area contributed by atoms with Crippen LogP contribution in [0.1, 0.15) is 33.3 Å². The molecular formula is C16H26N2O3S.